The van der Waals surface area contributed by atoms with Gasteiger partial charge in [-0.2, -0.15) is 5.10 Å². The molecule has 0 saturated heterocycles. The number of nitrogens with zero attached hydrogens (tertiary/aromatic N) is 2. The Balaban J connectivity index is 2.38. The van der Waals surface area contributed by atoms with E-state index in [4.69, 9.17) is 26.8 Å². The van der Waals surface area contributed by atoms with Crippen molar-refractivity contribution in [2.45, 2.75) is 13.5 Å². The quantitative estimate of drug-likeness (QED) is 0.935. The summed E-state index contributed by atoms with van der Waals surface area (Å²) in [4.78, 5) is 0. The first-order chi connectivity index (χ1) is 9.06. The molecular formula is C13H16ClN3O2. The summed E-state index contributed by atoms with van der Waals surface area (Å²) >= 11 is 6.31. The monoisotopic (exact) mass is 281 g/mol. The van der Waals surface area contributed by atoms with Crippen LogP contribution in [0.25, 0.3) is 0 Å². The lowest BCUT2D eigenvalue weighted by Crippen LogP contribution is -2.07. The van der Waals surface area contributed by atoms with Crippen LogP contribution in [0.5, 0.6) is 11.5 Å². The van der Waals surface area contributed by atoms with Gasteiger partial charge in [0.05, 0.1) is 31.5 Å². The fourth-order valence-electron chi connectivity index (χ4n) is 1.91. The van der Waals surface area contributed by atoms with Crippen LogP contribution in [0.1, 0.15) is 11.3 Å². The fraction of sp³-hybridized carbons (Fsp3) is 0.308. The number of benzene rings is 1. The summed E-state index contributed by atoms with van der Waals surface area (Å²) in [5, 5.41) is 4.81. The predicted molar refractivity (Wildman–Crippen MR) is 75.0 cm³/mol. The summed E-state index contributed by atoms with van der Waals surface area (Å²) in [7, 11) is 3.13. The molecule has 0 aliphatic rings. The van der Waals surface area contributed by atoms with E-state index in [9.17, 15) is 0 Å². The summed E-state index contributed by atoms with van der Waals surface area (Å²) in [5.74, 6) is 1.72. The van der Waals surface area contributed by atoms with Gasteiger partial charge in [-0.05, 0) is 18.6 Å². The normalized spacial score (nSPS) is 10.5. The highest BCUT2D eigenvalue weighted by Gasteiger charge is 2.14. The zero-order chi connectivity index (χ0) is 14.0. The number of ether oxygens (including phenoxy) is 2. The van der Waals surface area contributed by atoms with E-state index in [1.165, 1.54) is 0 Å². The van der Waals surface area contributed by atoms with Gasteiger partial charge in [0.1, 0.15) is 5.82 Å². The third-order valence-corrected chi connectivity index (χ3v) is 3.23. The van der Waals surface area contributed by atoms with Crippen molar-refractivity contribution in [1.82, 2.24) is 9.78 Å². The molecule has 2 rings (SSSR count). The smallest absolute Gasteiger partial charge is 0.179 e. The lowest BCUT2D eigenvalue weighted by molar-refractivity contribution is 0.354. The second kappa shape index (κ2) is 5.40. The lowest BCUT2D eigenvalue weighted by Gasteiger charge is -2.13. The second-order valence-corrected chi connectivity index (χ2v) is 4.52. The SMILES string of the molecule is COc1ccc(Cn2nc(C)cc2N)c(Cl)c1OC. The van der Waals surface area contributed by atoms with Crippen molar-refractivity contribution >= 4 is 17.4 Å². The van der Waals surface area contributed by atoms with E-state index in [0.717, 1.165) is 11.3 Å². The number of rotatable bonds is 4. The van der Waals surface area contributed by atoms with Crippen molar-refractivity contribution in [3.05, 3.63) is 34.5 Å². The zero-order valence-corrected chi connectivity index (χ0v) is 11.9. The summed E-state index contributed by atoms with van der Waals surface area (Å²) in [6.07, 6.45) is 0. The van der Waals surface area contributed by atoms with Gasteiger partial charge in [0, 0.05) is 6.07 Å². The number of nitrogens with two attached hydrogens (primary N) is 1. The molecule has 1 aromatic carbocycles. The highest BCUT2D eigenvalue weighted by Crippen LogP contribution is 2.37. The first-order valence-electron chi connectivity index (χ1n) is 5.76. The van der Waals surface area contributed by atoms with Crippen LogP contribution < -0.4 is 15.2 Å². The highest BCUT2D eigenvalue weighted by molar-refractivity contribution is 6.33. The van der Waals surface area contributed by atoms with Crippen molar-refractivity contribution in [2.75, 3.05) is 20.0 Å². The molecule has 0 aliphatic heterocycles. The minimum absolute atomic E-state index is 0.485. The van der Waals surface area contributed by atoms with Gasteiger partial charge in [0.2, 0.25) is 0 Å². The Labute approximate surface area is 116 Å². The maximum Gasteiger partial charge on any atom is 0.179 e. The van der Waals surface area contributed by atoms with Gasteiger partial charge in [-0.3, -0.25) is 0 Å². The molecule has 2 N–H and O–H groups in total. The molecule has 0 aliphatic carbocycles. The standard InChI is InChI=1S/C13H16ClN3O2/c1-8-6-11(15)17(16-8)7-9-4-5-10(18-2)13(19-3)12(9)14/h4-6H,7,15H2,1-3H3. The van der Waals surface area contributed by atoms with Gasteiger partial charge >= 0.3 is 0 Å². The van der Waals surface area contributed by atoms with E-state index in [0.29, 0.717) is 28.9 Å². The number of anilines is 1. The molecule has 5 nitrogen and oxygen atoms in total. The van der Waals surface area contributed by atoms with Gasteiger partial charge in [0.15, 0.2) is 11.5 Å². The van der Waals surface area contributed by atoms with Crippen molar-refractivity contribution < 1.29 is 9.47 Å². The second-order valence-electron chi connectivity index (χ2n) is 4.14. The number of aryl methyl sites for hydroxylation is 1. The first-order valence-corrected chi connectivity index (χ1v) is 6.14. The van der Waals surface area contributed by atoms with Crippen molar-refractivity contribution in [3.8, 4) is 11.5 Å². The van der Waals surface area contributed by atoms with Gasteiger partial charge in [0.25, 0.3) is 0 Å². The van der Waals surface area contributed by atoms with Crippen LogP contribution in [0, 0.1) is 6.92 Å². The third kappa shape index (κ3) is 2.61. The first kappa shape index (κ1) is 13.5. The van der Waals surface area contributed by atoms with Gasteiger partial charge in [-0.25, -0.2) is 4.68 Å². The number of methoxy groups -OCH3 is 2. The molecule has 0 fully saturated rings. The maximum absolute atomic E-state index is 6.31. The molecule has 0 atom stereocenters. The number of halogens is 1. The summed E-state index contributed by atoms with van der Waals surface area (Å²) in [6, 6.07) is 5.50. The average molecular weight is 282 g/mol. The molecule has 1 aromatic heterocycles. The van der Waals surface area contributed by atoms with Crippen LogP contribution in [-0.4, -0.2) is 24.0 Å². The fourth-order valence-corrected chi connectivity index (χ4v) is 2.20. The lowest BCUT2D eigenvalue weighted by atomic mass is 10.2. The Kier molecular flexibility index (Phi) is 3.85. The molecule has 0 radical (unpaired) electrons. The largest absolute Gasteiger partial charge is 0.493 e. The Bertz CT molecular complexity index is 596. The molecule has 102 valence electrons. The van der Waals surface area contributed by atoms with Crippen LogP contribution in [0.2, 0.25) is 5.02 Å². The van der Waals surface area contributed by atoms with Gasteiger partial charge in [-0.1, -0.05) is 17.7 Å². The highest BCUT2D eigenvalue weighted by atomic mass is 35.5. The minimum atomic E-state index is 0.485. The van der Waals surface area contributed by atoms with Gasteiger partial charge < -0.3 is 15.2 Å². The molecule has 2 aromatic rings. The van der Waals surface area contributed by atoms with Crippen molar-refractivity contribution in [3.63, 3.8) is 0 Å². The maximum atomic E-state index is 6.31. The van der Waals surface area contributed by atoms with E-state index in [-0.39, 0.29) is 0 Å². The number of hydrogen-bond acceptors (Lipinski definition) is 4. The third-order valence-electron chi connectivity index (χ3n) is 2.82. The molecule has 19 heavy (non-hydrogen) atoms. The summed E-state index contributed by atoms with van der Waals surface area (Å²) in [6.45, 7) is 2.38. The van der Waals surface area contributed by atoms with E-state index in [2.05, 4.69) is 5.10 Å². The topological polar surface area (TPSA) is 62.3 Å². The molecule has 0 amide bonds. The molecule has 6 heteroatoms. The summed E-state index contributed by atoms with van der Waals surface area (Å²) < 4.78 is 12.2. The Morgan fingerprint density at radius 1 is 1.32 bits per heavy atom. The molecular weight excluding hydrogens is 266 g/mol. The predicted octanol–water partition coefficient (Wildman–Crippen LogP) is 2.49. The van der Waals surface area contributed by atoms with Crippen molar-refractivity contribution in [2.24, 2.45) is 0 Å². The Morgan fingerprint density at radius 2 is 2.05 bits per heavy atom. The van der Waals surface area contributed by atoms with E-state index < -0.39 is 0 Å². The molecule has 0 spiro atoms. The average Bonchev–Trinajstić information content (AvgIpc) is 2.70. The molecule has 0 saturated carbocycles. The van der Waals surface area contributed by atoms with Crippen molar-refractivity contribution in [1.29, 1.82) is 0 Å². The minimum Gasteiger partial charge on any atom is -0.493 e. The summed E-state index contributed by atoms with van der Waals surface area (Å²) in [5.41, 5.74) is 7.61. The Hall–Kier alpha value is -1.88. The van der Waals surface area contributed by atoms with E-state index in [1.807, 2.05) is 25.1 Å². The molecule has 1 heterocycles. The van der Waals surface area contributed by atoms with Crippen LogP contribution in [0.3, 0.4) is 0 Å². The molecule has 0 unspecified atom stereocenters. The van der Waals surface area contributed by atoms with Crippen LogP contribution in [0.15, 0.2) is 18.2 Å². The van der Waals surface area contributed by atoms with E-state index >= 15 is 0 Å². The van der Waals surface area contributed by atoms with Crippen LogP contribution in [-0.2, 0) is 6.54 Å². The number of hydrogen-bond donors (Lipinski definition) is 1. The molecule has 0 bridgehead atoms. The number of nitrogen functional groups attached to an aromatic ring is 1. The zero-order valence-electron chi connectivity index (χ0n) is 11.1. The number of aromatic nitrogens is 2. The Morgan fingerprint density at radius 3 is 2.58 bits per heavy atom. The van der Waals surface area contributed by atoms with E-state index in [1.54, 1.807) is 18.9 Å². The van der Waals surface area contributed by atoms with Crippen LogP contribution in [0.4, 0.5) is 5.82 Å². The van der Waals surface area contributed by atoms with Crippen LogP contribution >= 0.6 is 11.6 Å². The van der Waals surface area contributed by atoms with Gasteiger partial charge in [-0.15, -0.1) is 0 Å².